The van der Waals surface area contributed by atoms with Gasteiger partial charge in [-0.3, -0.25) is 14.3 Å². The summed E-state index contributed by atoms with van der Waals surface area (Å²) in [5, 5.41) is 11.5. The van der Waals surface area contributed by atoms with Crippen molar-refractivity contribution in [2.75, 3.05) is 19.4 Å². The second kappa shape index (κ2) is 10.8. The molecule has 0 bridgehead atoms. The van der Waals surface area contributed by atoms with Crippen LogP contribution in [0.25, 0.3) is 5.69 Å². The van der Waals surface area contributed by atoms with Gasteiger partial charge in [-0.25, -0.2) is 8.78 Å². The van der Waals surface area contributed by atoms with Crippen molar-refractivity contribution in [2.45, 2.75) is 23.4 Å². The van der Waals surface area contributed by atoms with Gasteiger partial charge in [-0.15, -0.1) is 10.2 Å². The molecule has 0 spiro atoms. The van der Waals surface area contributed by atoms with E-state index >= 15 is 0 Å². The van der Waals surface area contributed by atoms with E-state index in [4.69, 9.17) is 0 Å². The Kier molecular flexibility index (Phi) is 7.57. The third kappa shape index (κ3) is 5.75. The highest BCUT2D eigenvalue weighted by Gasteiger charge is 2.28. The van der Waals surface area contributed by atoms with Crippen molar-refractivity contribution < 1.29 is 13.6 Å². The molecule has 180 valence electrons. The molecule has 0 aliphatic rings. The van der Waals surface area contributed by atoms with Gasteiger partial charge in [0.25, 0.3) is 0 Å². The normalized spacial score (nSPS) is 13.0. The molecule has 1 N–H and O–H groups in total. The van der Waals surface area contributed by atoms with Crippen LogP contribution in [0.3, 0.4) is 0 Å². The maximum atomic E-state index is 13.7. The van der Waals surface area contributed by atoms with E-state index in [-0.39, 0.29) is 23.6 Å². The zero-order valence-corrected chi connectivity index (χ0v) is 20.3. The highest BCUT2D eigenvalue weighted by Crippen LogP contribution is 2.37. The molecule has 0 unspecified atom stereocenters. The van der Waals surface area contributed by atoms with Gasteiger partial charge in [0, 0.05) is 11.4 Å². The predicted molar refractivity (Wildman–Crippen MR) is 133 cm³/mol. The summed E-state index contributed by atoms with van der Waals surface area (Å²) in [6, 6.07) is 20.9. The predicted octanol–water partition coefficient (Wildman–Crippen LogP) is 5.64. The van der Waals surface area contributed by atoms with Crippen molar-refractivity contribution in [3.05, 3.63) is 102 Å². The highest BCUT2D eigenvalue weighted by atomic mass is 32.2. The second-order valence-electron chi connectivity index (χ2n) is 8.20. The van der Waals surface area contributed by atoms with E-state index in [1.807, 2.05) is 60.8 Å². The Labute approximate surface area is 207 Å². The molecule has 2 atom stereocenters. The first-order valence-electron chi connectivity index (χ1n) is 11.0. The number of halogens is 2. The fraction of sp³-hybridized carbons (Fsp3) is 0.192. The van der Waals surface area contributed by atoms with E-state index in [9.17, 15) is 13.6 Å². The Morgan fingerprint density at radius 1 is 0.914 bits per heavy atom. The van der Waals surface area contributed by atoms with E-state index in [1.54, 1.807) is 12.1 Å². The molecular weight excluding hydrogens is 468 g/mol. The third-order valence-corrected chi connectivity index (χ3v) is 6.76. The number of hydrogen-bond donors (Lipinski definition) is 1. The number of benzene rings is 3. The molecule has 0 saturated carbocycles. The fourth-order valence-electron chi connectivity index (χ4n) is 3.44. The minimum Gasteiger partial charge on any atom is -0.325 e. The minimum absolute atomic E-state index is 0.0925. The lowest BCUT2D eigenvalue weighted by atomic mass is 10.1. The number of thioether (sulfide) groups is 1. The van der Waals surface area contributed by atoms with Crippen LogP contribution in [0.4, 0.5) is 14.5 Å². The van der Waals surface area contributed by atoms with Crippen LogP contribution in [-0.2, 0) is 4.79 Å². The quantitative estimate of drug-likeness (QED) is 0.322. The molecule has 4 rings (SSSR count). The lowest BCUT2D eigenvalue weighted by Gasteiger charge is -2.21. The Morgan fingerprint density at radius 2 is 1.51 bits per heavy atom. The third-order valence-electron chi connectivity index (χ3n) is 5.57. The number of rotatable bonds is 8. The lowest BCUT2D eigenvalue weighted by molar-refractivity contribution is -0.115. The van der Waals surface area contributed by atoms with Crippen molar-refractivity contribution in [1.82, 2.24) is 19.7 Å². The number of anilines is 1. The van der Waals surface area contributed by atoms with Crippen LogP contribution in [0.15, 0.2) is 84.0 Å². The smallest absolute Gasteiger partial charge is 0.242 e. The van der Waals surface area contributed by atoms with Gasteiger partial charge >= 0.3 is 0 Å². The average Bonchev–Trinajstić information content (AvgIpc) is 3.27. The highest BCUT2D eigenvalue weighted by molar-refractivity contribution is 8.00. The summed E-state index contributed by atoms with van der Waals surface area (Å²) in [5.41, 5.74) is 1.95. The molecule has 0 aliphatic heterocycles. The van der Waals surface area contributed by atoms with Gasteiger partial charge in [0.1, 0.15) is 16.9 Å². The number of carbonyl (C=O) groups is 1. The SMILES string of the molecule is C[C@@H](c1nnc(S[C@H](C(=O)Nc2ccc(F)cc2)c2ccccc2)n1-c1ccc(F)cc1)N(C)C. The largest absolute Gasteiger partial charge is 0.325 e. The molecule has 6 nitrogen and oxygen atoms in total. The Morgan fingerprint density at radius 3 is 2.11 bits per heavy atom. The first-order valence-corrected chi connectivity index (χ1v) is 11.9. The van der Waals surface area contributed by atoms with Gasteiger partial charge in [0.15, 0.2) is 11.0 Å². The van der Waals surface area contributed by atoms with E-state index in [2.05, 4.69) is 15.5 Å². The molecular formula is C26H25F2N5OS. The van der Waals surface area contributed by atoms with Gasteiger partial charge in [0.2, 0.25) is 5.91 Å². The van der Waals surface area contributed by atoms with E-state index in [0.29, 0.717) is 22.4 Å². The van der Waals surface area contributed by atoms with Crippen molar-refractivity contribution in [3.8, 4) is 5.69 Å². The first-order chi connectivity index (χ1) is 16.8. The van der Waals surface area contributed by atoms with E-state index in [0.717, 1.165) is 5.56 Å². The summed E-state index contributed by atoms with van der Waals surface area (Å²) in [6.07, 6.45) is 0. The lowest BCUT2D eigenvalue weighted by Crippen LogP contribution is -2.21. The molecule has 0 fully saturated rings. The van der Waals surface area contributed by atoms with Crippen LogP contribution >= 0.6 is 11.8 Å². The van der Waals surface area contributed by atoms with E-state index < -0.39 is 5.25 Å². The molecule has 0 saturated heterocycles. The van der Waals surface area contributed by atoms with Gasteiger partial charge in [-0.1, -0.05) is 42.1 Å². The summed E-state index contributed by atoms with van der Waals surface area (Å²) in [7, 11) is 3.87. The zero-order valence-electron chi connectivity index (χ0n) is 19.5. The summed E-state index contributed by atoms with van der Waals surface area (Å²) < 4.78 is 28.8. The van der Waals surface area contributed by atoms with Gasteiger partial charge in [-0.05, 0) is 75.1 Å². The molecule has 0 aliphatic carbocycles. The molecule has 35 heavy (non-hydrogen) atoms. The fourth-order valence-corrected chi connectivity index (χ4v) is 4.50. The van der Waals surface area contributed by atoms with Crippen molar-refractivity contribution >= 4 is 23.4 Å². The summed E-state index contributed by atoms with van der Waals surface area (Å²) in [6.45, 7) is 1.99. The van der Waals surface area contributed by atoms with Crippen molar-refractivity contribution in [2.24, 2.45) is 0 Å². The van der Waals surface area contributed by atoms with Crippen LogP contribution in [0.2, 0.25) is 0 Å². The molecule has 1 aromatic heterocycles. The average molecular weight is 494 g/mol. The van der Waals surface area contributed by atoms with Crippen molar-refractivity contribution in [3.63, 3.8) is 0 Å². The van der Waals surface area contributed by atoms with Crippen LogP contribution in [0, 0.1) is 11.6 Å². The monoisotopic (exact) mass is 493 g/mol. The van der Waals surface area contributed by atoms with Gasteiger partial charge < -0.3 is 5.32 Å². The van der Waals surface area contributed by atoms with Gasteiger partial charge in [0.05, 0.1) is 6.04 Å². The Hall–Kier alpha value is -3.56. The van der Waals surface area contributed by atoms with Gasteiger partial charge in [-0.2, -0.15) is 0 Å². The number of carbonyl (C=O) groups excluding carboxylic acids is 1. The molecule has 3 aromatic carbocycles. The topological polar surface area (TPSA) is 63.1 Å². The number of amides is 1. The number of hydrogen-bond acceptors (Lipinski definition) is 5. The molecule has 4 aromatic rings. The standard InChI is InChI=1S/C26H25F2N5OS/c1-17(32(2)3)24-30-31-26(33(24)22-15-11-20(28)12-16-22)35-23(18-7-5-4-6-8-18)25(34)29-21-13-9-19(27)10-14-21/h4-17,23H,1-3H3,(H,29,34)/t17-,23-/m0/s1. The molecule has 9 heteroatoms. The summed E-state index contributed by atoms with van der Waals surface area (Å²) in [5.74, 6) is -0.357. The zero-order chi connectivity index (χ0) is 24.9. The van der Waals surface area contributed by atoms with Crippen LogP contribution in [-0.4, -0.2) is 39.7 Å². The summed E-state index contributed by atoms with van der Waals surface area (Å²) in [4.78, 5) is 15.4. The summed E-state index contributed by atoms with van der Waals surface area (Å²) >= 11 is 1.24. The Balaban J connectivity index is 1.74. The van der Waals surface area contributed by atoms with Crippen LogP contribution < -0.4 is 5.32 Å². The Bertz CT molecular complexity index is 1280. The van der Waals surface area contributed by atoms with Crippen LogP contribution in [0.1, 0.15) is 29.6 Å². The molecule has 0 radical (unpaired) electrons. The van der Waals surface area contributed by atoms with Crippen molar-refractivity contribution in [1.29, 1.82) is 0 Å². The van der Waals surface area contributed by atoms with E-state index in [1.165, 1.54) is 48.2 Å². The number of nitrogens with one attached hydrogen (secondary N) is 1. The second-order valence-corrected chi connectivity index (χ2v) is 9.27. The molecule has 1 heterocycles. The first kappa shape index (κ1) is 24.6. The maximum absolute atomic E-state index is 13.7. The number of nitrogens with zero attached hydrogens (tertiary/aromatic N) is 4. The maximum Gasteiger partial charge on any atom is 0.242 e. The minimum atomic E-state index is -0.674. The molecule has 1 amide bonds. The number of aromatic nitrogens is 3. The van der Waals surface area contributed by atoms with Crippen LogP contribution in [0.5, 0.6) is 0 Å².